The number of Topliss-reactive ketones (excluding diaryl/α,β-unsaturated/α-hetero) is 1. The van der Waals surface area contributed by atoms with Crippen LogP contribution < -0.4 is 0 Å². The average molecular weight is 223 g/mol. The second-order valence-electron chi connectivity index (χ2n) is 4.39. The molecule has 78 valence electrons. The molecule has 0 unspecified atom stereocenters. The van der Waals surface area contributed by atoms with Gasteiger partial charge in [-0.25, -0.2) is 9.97 Å². The Labute approximate surface area is 92.9 Å². The molecule has 4 heteroatoms. The molecule has 1 aromatic rings. The maximum atomic E-state index is 12.1. The van der Waals surface area contributed by atoms with E-state index in [4.69, 9.17) is 11.6 Å². The first-order valence-electron chi connectivity index (χ1n) is 5.28. The van der Waals surface area contributed by atoms with Crippen molar-refractivity contribution in [2.45, 2.75) is 37.5 Å². The number of hydrogen-bond donors (Lipinski definition) is 0. The van der Waals surface area contributed by atoms with Gasteiger partial charge in [0.25, 0.3) is 0 Å². The molecule has 15 heavy (non-hydrogen) atoms. The van der Waals surface area contributed by atoms with Gasteiger partial charge in [0.15, 0.2) is 0 Å². The predicted octanol–water partition coefficient (Wildman–Crippen LogP) is 2.07. The number of carbonyl (C=O) groups excluding carboxylic acids is 1. The second kappa shape index (κ2) is 3.01. The normalized spacial score (nSPS) is 22.3. The number of hydrogen-bond acceptors (Lipinski definition) is 3. The van der Waals surface area contributed by atoms with Crippen LogP contribution in [-0.2, 0) is 16.6 Å². The number of ketones is 1. The summed E-state index contributed by atoms with van der Waals surface area (Å²) in [6, 6.07) is 0. The summed E-state index contributed by atoms with van der Waals surface area (Å²) in [7, 11) is 0. The van der Waals surface area contributed by atoms with E-state index in [0.29, 0.717) is 12.2 Å². The van der Waals surface area contributed by atoms with Crippen molar-refractivity contribution in [3.63, 3.8) is 0 Å². The van der Waals surface area contributed by atoms with Gasteiger partial charge in [-0.3, -0.25) is 4.79 Å². The Morgan fingerprint density at radius 2 is 2.07 bits per heavy atom. The van der Waals surface area contributed by atoms with Crippen LogP contribution in [0.5, 0.6) is 0 Å². The molecule has 0 radical (unpaired) electrons. The minimum absolute atomic E-state index is 0.247. The van der Waals surface area contributed by atoms with Crippen LogP contribution in [0, 0.1) is 0 Å². The maximum Gasteiger partial charge on any atom is 0.222 e. The molecule has 0 saturated heterocycles. The van der Waals surface area contributed by atoms with Crippen molar-refractivity contribution >= 4 is 17.4 Å². The summed E-state index contributed by atoms with van der Waals surface area (Å²) >= 11 is 5.73. The first-order valence-corrected chi connectivity index (χ1v) is 5.65. The number of aromatic nitrogens is 2. The second-order valence-corrected chi connectivity index (χ2v) is 4.73. The number of halogens is 1. The molecule has 1 saturated carbocycles. The summed E-state index contributed by atoms with van der Waals surface area (Å²) < 4.78 is 0. The number of carbonyl (C=O) groups is 1. The lowest BCUT2D eigenvalue weighted by molar-refractivity contribution is -0.122. The molecule has 0 N–H and O–H groups in total. The highest BCUT2D eigenvalue weighted by molar-refractivity contribution is 6.28. The zero-order valence-electron chi connectivity index (χ0n) is 8.29. The molecule has 2 aliphatic rings. The summed E-state index contributed by atoms with van der Waals surface area (Å²) in [5.74, 6) is 0.312. The Hall–Kier alpha value is -0.960. The van der Waals surface area contributed by atoms with Crippen LogP contribution in [0.2, 0.25) is 5.28 Å². The smallest absolute Gasteiger partial charge is 0.222 e. The summed E-state index contributed by atoms with van der Waals surface area (Å²) in [5, 5.41) is 0.247. The van der Waals surface area contributed by atoms with E-state index in [0.717, 1.165) is 36.9 Å². The molecule has 1 heterocycles. The molecule has 1 spiro atoms. The van der Waals surface area contributed by atoms with E-state index in [2.05, 4.69) is 9.97 Å². The number of nitrogens with zero attached hydrogens (tertiary/aromatic N) is 2. The Morgan fingerprint density at radius 1 is 1.33 bits per heavy atom. The molecule has 0 amide bonds. The van der Waals surface area contributed by atoms with Crippen LogP contribution in [0.15, 0.2) is 6.20 Å². The first kappa shape index (κ1) is 9.28. The van der Waals surface area contributed by atoms with E-state index in [1.54, 1.807) is 6.20 Å². The van der Waals surface area contributed by atoms with E-state index in [1.165, 1.54) is 0 Å². The van der Waals surface area contributed by atoms with E-state index in [1.807, 2.05) is 0 Å². The van der Waals surface area contributed by atoms with Crippen LogP contribution in [0.4, 0.5) is 0 Å². The third kappa shape index (κ3) is 1.16. The fourth-order valence-corrected chi connectivity index (χ4v) is 3.08. The minimum atomic E-state index is -0.250. The number of rotatable bonds is 0. The molecule has 1 aromatic heterocycles. The highest BCUT2D eigenvalue weighted by Crippen LogP contribution is 2.47. The van der Waals surface area contributed by atoms with Gasteiger partial charge in [0.1, 0.15) is 5.78 Å². The van der Waals surface area contributed by atoms with Gasteiger partial charge < -0.3 is 0 Å². The van der Waals surface area contributed by atoms with Crippen molar-refractivity contribution in [1.29, 1.82) is 0 Å². The third-order valence-corrected chi connectivity index (χ3v) is 3.85. The molecular weight excluding hydrogens is 212 g/mol. The molecule has 3 rings (SSSR count). The van der Waals surface area contributed by atoms with Crippen molar-refractivity contribution in [1.82, 2.24) is 9.97 Å². The monoisotopic (exact) mass is 222 g/mol. The first-order chi connectivity index (χ1) is 7.22. The molecule has 0 bridgehead atoms. The molecule has 0 atom stereocenters. The lowest BCUT2D eigenvalue weighted by atomic mass is 9.80. The Balaban J connectivity index is 2.17. The highest BCUT2D eigenvalue weighted by atomic mass is 35.5. The van der Waals surface area contributed by atoms with Gasteiger partial charge in [-0.1, -0.05) is 12.8 Å². The Kier molecular flexibility index (Phi) is 1.87. The van der Waals surface area contributed by atoms with Gasteiger partial charge in [-0.05, 0) is 24.4 Å². The van der Waals surface area contributed by atoms with Gasteiger partial charge in [-0.2, -0.15) is 0 Å². The zero-order valence-corrected chi connectivity index (χ0v) is 9.05. The van der Waals surface area contributed by atoms with E-state index in [9.17, 15) is 4.79 Å². The average Bonchev–Trinajstić information content (AvgIpc) is 2.76. The minimum Gasteiger partial charge on any atom is -0.298 e. The summed E-state index contributed by atoms with van der Waals surface area (Å²) in [6.45, 7) is 0. The van der Waals surface area contributed by atoms with Gasteiger partial charge in [-0.15, -0.1) is 0 Å². The van der Waals surface area contributed by atoms with Gasteiger partial charge in [0.05, 0.1) is 17.5 Å². The molecule has 1 fully saturated rings. The van der Waals surface area contributed by atoms with Gasteiger partial charge in [0, 0.05) is 11.8 Å². The predicted molar refractivity (Wildman–Crippen MR) is 55.9 cm³/mol. The Morgan fingerprint density at radius 3 is 2.80 bits per heavy atom. The molecule has 3 nitrogen and oxygen atoms in total. The summed E-state index contributed by atoms with van der Waals surface area (Å²) in [4.78, 5) is 20.2. The molecular formula is C11H11ClN2O. The van der Waals surface area contributed by atoms with E-state index >= 15 is 0 Å². The summed E-state index contributed by atoms with van der Waals surface area (Å²) in [5.41, 5.74) is 1.64. The van der Waals surface area contributed by atoms with E-state index < -0.39 is 0 Å². The van der Waals surface area contributed by atoms with Crippen LogP contribution in [0.25, 0.3) is 0 Å². The van der Waals surface area contributed by atoms with Crippen LogP contribution in [0.3, 0.4) is 0 Å². The number of fused-ring (bicyclic) bond motifs is 2. The fraction of sp³-hybridized carbons (Fsp3) is 0.545. The lowest BCUT2D eigenvalue weighted by Crippen LogP contribution is -2.28. The van der Waals surface area contributed by atoms with Crippen LogP contribution in [-0.4, -0.2) is 15.8 Å². The summed E-state index contributed by atoms with van der Waals surface area (Å²) in [6.07, 6.45) is 6.38. The zero-order chi connectivity index (χ0) is 10.5. The maximum absolute atomic E-state index is 12.1. The standard InChI is InChI=1S/C11H11ClN2O/c12-10-13-6-7-8(14-10)5-9(15)11(7)3-1-2-4-11/h6H,1-5H2. The lowest BCUT2D eigenvalue weighted by Gasteiger charge is -2.21. The molecule has 0 aromatic carbocycles. The van der Waals surface area contributed by atoms with Gasteiger partial charge >= 0.3 is 0 Å². The van der Waals surface area contributed by atoms with Crippen molar-refractivity contribution in [3.8, 4) is 0 Å². The third-order valence-electron chi connectivity index (χ3n) is 3.67. The van der Waals surface area contributed by atoms with Gasteiger partial charge in [0.2, 0.25) is 5.28 Å². The molecule has 2 aliphatic carbocycles. The van der Waals surface area contributed by atoms with Crippen molar-refractivity contribution in [2.24, 2.45) is 0 Å². The molecule has 0 aliphatic heterocycles. The van der Waals surface area contributed by atoms with E-state index in [-0.39, 0.29) is 10.7 Å². The van der Waals surface area contributed by atoms with Crippen LogP contribution in [0.1, 0.15) is 36.9 Å². The van der Waals surface area contributed by atoms with Crippen molar-refractivity contribution < 1.29 is 4.79 Å². The highest BCUT2D eigenvalue weighted by Gasteiger charge is 2.48. The SMILES string of the molecule is O=C1Cc2nc(Cl)ncc2C12CCCC2. The quantitative estimate of drug-likeness (QED) is 0.631. The van der Waals surface area contributed by atoms with Crippen molar-refractivity contribution in [2.75, 3.05) is 0 Å². The largest absolute Gasteiger partial charge is 0.298 e. The van der Waals surface area contributed by atoms with Crippen LogP contribution >= 0.6 is 11.6 Å². The Bertz CT molecular complexity index is 438. The topological polar surface area (TPSA) is 42.9 Å². The fourth-order valence-electron chi connectivity index (χ4n) is 2.93. The van der Waals surface area contributed by atoms with Crippen molar-refractivity contribution in [3.05, 3.63) is 22.7 Å².